The zero-order valence-corrected chi connectivity index (χ0v) is 8.57. The average Bonchev–Trinajstić information content (AvgIpc) is 2.08. The first kappa shape index (κ1) is 10.5. The van der Waals surface area contributed by atoms with Crippen molar-refractivity contribution in [1.82, 2.24) is 4.98 Å². The van der Waals surface area contributed by atoms with Crippen molar-refractivity contribution >= 4 is 11.7 Å². The maximum atomic E-state index is 11.5. The van der Waals surface area contributed by atoms with Crippen LogP contribution >= 0.6 is 0 Å². The summed E-state index contributed by atoms with van der Waals surface area (Å²) >= 11 is 0. The smallest absolute Gasteiger partial charge is 0.340 e. The zero-order valence-electron chi connectivity index (χ0n) is 8.57. The van der Waals surface area contributed by atoms with Crippen molar-refractivity contribution in [2.75, 3.05) is 5.73 Å². The van der Waals surface area contributed by atoms with Crippen LogP contribution in [0.2, 0.25) is 0 Å². The monoisotopic (exact) mass is 194 g/mol. The summed E-state index contributed by atoms with van der Waals surface area (Å²) in [6.07, 6.45) is 1.38. The molecule has 0 amide bonds. The number of rotatable bonds is 2. The van der Waals surface area contributed by atoms with Gasteiger partial charge in [0.05, 0.1) is 29.2 Å². The van der Waals surface area contributed by atoms with Crippen LogP contribution in [-0.4, -0.2) is 17.1 Å². The van der Waals surface area contributed by atoms with Crippen LogP contribution in [0, 0.1) is 6.92 Å². The molecule has 76 valence electrons. The van der Waals surface area contributed by atoms with Crippen molar-refractivity contribution in [3.05, 3.63) is 23.5 Å². The normalized spacial score (nSPS) is 10.3. The highest BCUT2D eigenvalue weighted by Gasteiger charge is 2.12. The molecular weight excluding hydrogens is 180 g/mol. The number of pyridine rings is 1. The lowest BCUT2D eigenvalue weighted by atomic mass is 10.2. The number of esters is 1. The number of hydrogen-bond donors (Lipinski definition) is 1. The molecule has 2 N–H and O–H groups in total. The van der Waals surface area contributed by atoms with Gasteiger partial charge < -0.3 is 10.5 Å². The summed E-state index contributed by atoms with van der Waals surface area (Å²) in [6.45, 7) is 5.34. The Balaban J connectivity index is 2.94. The Morgan fingerprint density at radius 2 is 2.21 bits per heavy atom. The van der Waals surface area contributed by atoms with Gasteiger partial charge in [-0.1, -0.05) is 0 Å². The van der Waals surface area contributed by atoms with E-state index in [0.29, 0.717) is 16.9 Å². The summed E-state index contributed by atoms with van der Waals surface area (Å²) in [5.74, 6) is -0.378. The number of ether oxygens (including phenoxy) is 1. The van der Waals surface area contributed by atoms with Gasteiger partial charge in [-0.15, -0.1) is 0 Å². The molecule has 1 aromatic rings. The Morgan fingerprint density at radius 1 is 1.57 bits per heavy atom. The number of aryl methyl sites for hydroxylation is 1. The highest BCUT2D eigenvalue weighted by molar-refractivity contribution is 5.91. The number of carbonyl (C=O) groups excluding carboxylic acids is 1. The van der Waals surface area contributed by atoms with Gasteiger partial charge in [0, 0.05) is 0 Å². The van der Waals surface area contributed by atoms with Crippen molar-refractivity contribution in [3.63, 3.8) is 0 Å². The Kier molecular flexibility index (Phi) is 3.06. The van der Waals surface area contributed by atoms with Crippen LogP contribution in [0.15, 0.2) is 12.3 Å². The van der Waals surface area contributed by atoms with Crippen LogP contribution in [-0.2, 0) is 4.74 Å². The van der Waals surface area contributed by atoms with Gasteiger partial charge >= 0.3 is 5.97 Å². The summed E-state index contributed by atoms with van der Waals surface area (Å²) in [7, 11) is 0. The number of anilines is 1. The van der Waals surface area contributed by atoms with Gasteiger partial charge in [0.2, 0.25) is 0 Å². The predicted octanol–water partition coefficient (Wildman–Crippen LogP) is 1.54. The highest BCUT2D eigenvalue weighted by atomic mass is 16.5. The molecule has 0 saturated heterocycles. The Bertz CT molecular complexity index is 348. The molecule has 0 aromatic carbocycles. The van der Waals surface area contributed by atoms with E-state index in [4.69, 9.17) is 10.5 Å². The number of nitrogens with zero attached hydrogens (tertiary/aromatic N) is 1. The molecule has 4 nitrogen and oxygen atoms in total. The number of nitrogens with two attached hydrogens (primary N) is 1. The molecule has 0 spiro atoms. The number of hydrogen-bond acceptors (Lipinski definition) is 4. The fraction of sp³-hybridized carbons (Fsp3) is 0.400. The van der Waals surface area contributed by atoms with E-state index >= 15 is 0 Å². The summed E-state index contributed by atoms with van der Waals surface area (Å²) in [4.78, 5) is 15.5. The van der Waals surface area contributed by atoms with Crippen LogP contribution in [0.25, 0.3) is 0 Å². The zero-order chi connectivity index (χ0) is 10.7. The largest absolute Gasteiger partial charge is 0.459 e. The molecule has 0 saturated carbocycles. The van der Waals surface area contributed by atoms with E-state index in [1.54, 1.807) is 26.8 Å². The van der Waals surface area contributed by atoms with E-state index in [0.717, 1.165) is 0 Å². The standard InChI is InChI=1S/C10H14N2O2/c1-6(2)14-10(13)9-4-8(11)5-12-7(9)3/h4-6H,11H2,1-3H3. The third-order valence-corrected chi connectivity index (χ3v) is 1.67. The van der Waals surface area contributed by atoms with Crippen molar-refractivity contribution in [3.8, 4) is 0 Å². The lowest BCUT2D eigenvalue weighted by molar-refractivity contribution is 0.0376. The Morgan fingerprint density at radius 3 is 2.79 bits per heavy atom. The first-order chi connectivity index (χ1) is 6.50. The van der Waals surface area contributed by atoms with E-state index in [9.17, 15) is 4.79 Å². The van der Waals surface area contributed by atoms with Crippen LogP contribution < -0.4 is 5.73 Å². The SMILES string of the molecule is Cc1ncc(N)cc1C(=O)OC(C)C. The van der Waals surface area contributed by atoms with Gasteiger partial charge in [0.25, 0.3) is 0 Å². The minimum Gasteiger partial charge on any atom is -0.459 e. The third kappa shape index (κ3) is 2.45. The second-order valence-electron chi connectivity index (χ2n) is 3.36. The first-order valence-electron chi connectivity index (χ1n) is 4.44. The first-order valence-corrected chi connectivity index (χ1v) is 4.44. The van der Waals surface area contributed by atoms with E-state index in [1.807, 2.05) is 0 Å². The van der Waals surface area contributed by atoms with Gasteiger partial charge in [0.1, 0.15) is 0 Å². The predicted molar refractivity (Wildman–Crippen MR) is 53.9 cm³/mol. The topological polar surface area (TPSA) is 65.2 Å². The summed E-state index contributed by atoms with van der Waals surface area (Å²) in [5.41, 5.74) is 7.05. The van der Waals surface area contributed by atoms with Crippen LogP contribution in [0.4, 0.5) is 5.69 Å². The fourth-order valence-electron chi connectivity index (χ4n) is 1.03. The molecule has 4 heteroatoms. The third-order valence-electron chi connectivity index (χ3n) is 1.67. The molecule has 0 aliphatic carbocycles. The van der Waals surface area contributed by atoms with Gasteiger partial charge in [0.15, 0.2) is 0 Å². The maximum absolute atomic E-state index is 11.5. The van der Waals surface area contributed by atoms with Gasteiger partial charge in [-0.25, -0.2) is 4.79 Å². The molecule has 1 aromatic heterocycles. The molecule has 1 heterocycles. The van der Waals surface area contributed by atoms with E-state index in [-0.39, 0.29) is 12.1 Å². The van der Waals surface area contributed by atoms with E-state index in [1.165, 1.54) is 6.20 Å². The number of carbonyl (C=O) groups is 1. The van der Waals surface area contributed by atoms with Gasteiger partial charge in [-0.05, 0) is 26.8 Å². The molecule has 1 rings (SSSR count). The molecular formula is C10H14N2O2. The van der Waals surface area contributed by atoms with Crippen LogP contribution in [0.5, 0.6) is 0 Å². The number of aromatic nitrogens is 1. The van der Waals surface area contributed by atoms with Crippen molar-refractivity contribution in [1.29, 1.82) is 0 Å². The minimum absolute atomic E-state index is 0.136. The van der Waals surface area contributed by atoms with Gasteiger partial charge in [-0.2, -0.15) is 0 Å². The average molecular weight is 194 g/mol. The summed E-state index contributed by atoms with van der Waals surface area (Å²) < 4.78 is 5.04. The molecule has 0 unspecified atom stereocenters. The molecule has 0 aliphatic heterocycles. The minimum atomic E-state index is -0.378. The molecule has 0 fully saturated rings. The van der Waals surface area contributed by atoms with Crippen LogP contribution in [0.1, 0.15) is 29.9 Å². The highest BCUT2D eigenvalue weighted by Crippen LogP contribution is 2.11. The maximum Gasteiger partial charge on any atom is 0.340 e. The molecule has 0 bridgehead atoms. The molecule has 0 radical (unpaired) electrons. The summed E-state index contributed by atoms with van der Waals surface area (Å²) in [6, 6.07) is 1.58. The lowest BCUT2D eigenvalue weighted by Gasteiger charge is -2.09. The van der Waals surface area contributed by atoms with Gasteiger partial charge in [-0.3, -0.25) is 4.98 Å². The number of nitrogen functional groups attached to an aromatic ring is 1. The quantitative estimate of drug-likeness (QED) is 0.725. The van der Waals surface area contributed by atoms with E-state index in [2.05, 4.69) is 4.98 Å². The lowest BCUT2D eigenvalue weighted by Crippen LogP contribution is -2.13. The van der Waals surface area contributed by atoms with E-state index < -0.39 is 0 Å². The summed E-state index contributed by atoms with van der Waals surface area (Å²) in [5, 5.41) is 0. The van der Waals surface area contributed by atoms with Crippen LogP contribution in [0.3, 0.4) is 0 Å². The Hall–Kier alpha value is -1.58. The van der Waals surface area contributed by atoms with Crippen molar-refractivity contribution < 1.29 is 9.53 Å². The molecule has 0 atom stereocenters. The van der Waals surface area contributed by atoms with Crippen molar-refractivity contribution in [2.45, 2.75) is 26.9 Å². The Labute approximate surface area is 83.1 Å². The second-order valence-corrected chi connectivity index (χ2v) is 3.36. The second kappa shape index (κ2) is 4.09. The fourth-order valence-corrected chi connectivity index (χ4v) is 1.03. The van der Waals surface area contributed by atoms with Crippen molar-refractivity contribution in [2.24, 2.45) is 0 Å². The molecule has 14 heavy (non-hydrogen) atoms. The molecule has 0 aliphatic rings.